The predicted molar refractivity (Wildman–Crippen MR) is 61.9 cm³/mol. The zero-order valence-corrected chi connectivity index (χ0v) is 14.2. The molecule has 0 saturated heterocycles. The van der Waals surface area contributed by atoms with E-state index in [1.165, 1.54) is 12.0 Å². The first-order valence-electron chi connectivity index (χ1n) is 4.98. The summed E-state index contributed by atoms with van der Waals surface area (Å²) in [7, 11) is 0. The van der Waals surface area contributed by atoms with E-state index in [0.717, 1.165) is 6.42 Å². The van der Waals surface area contributed by atoms with Crippen molar-refractivity contribution in [1.29, 1.82) is 0 Å². The molecule has 0 aromatic heterocycles. The van der Waals surface area contributed by atoms with E-state index in [-0.39, 0.29) is 46.5 Å². The molecule has 4 heteroatoms. The molecule has 0 heterocycles. The molecule has 91 valence electrons. The number of allylic oxidation sites excluding steroid dienone is 3. The number of hydrogen-bond acceptors (Lipinski definition) is 1. The summed E-state index contributed by atoms with van der Waals surface area (Å²) in [6, 6.07) is 0. The maximum atomic E-state index is 3.41. The summed E-state index contributed by atoms with van der Waals surface area (Å²) in [6.45, 7) is 9.09. The van der Waals surface area contributed by atoms with Crippen LogP contribution in [0.1, 0.15) is 40.5 Å². The molecule has 0 amide bonds. The fourth-order valence-corrected chi connectivity index (χ4v) is 2.75. The van der Waals surface area contributed by atoms with Gasteiger partial charge in [-0.2, -0.15) is 17.8 Å². The van der Waals surface area contributed by atoms with Gasteiger partial charge >= 0.3 is 21.7 Å². The molecule has 1 rings (SSSR count). The summed E-state index contributed by atoms with van der Waals surface area (Å²) < 4.78 is 0.353. The van der Waals surface area contributed by atoms with Crippen LogP contribution in [0.2, 0.25) is 0 Å². The first-order valence-corrected chi connectivity index (χ1v) is 5.86. The molecule has 0 fully saturated rings. The van der Waals surface area contributed by atoms with E-state index < -0.39 is 0 Å². The molecule has 0 aromatic carbocycles. The largest absolute Gasteiger partial charge is 3.00 e. The standard InChI is InChI=1S/C12H19S.2ClH.Ti/c1-5-11(13-12(2,3)4)10-8-6-7-9-10;;;/h6,8,11H,5,7H2,1-4H3;2*1H;/q-1;;;+3/p-2. The van der Waals surface area contributed by atoms with E-state index in [0.29, 0.717) is 10.00 Å². The van der Waals surface area contributed by atoms with Gasteiger partial charge in [-0.05, 0) is 11.7 Å². The average molecular weight is 314 g/mol. The van der Waals surface area contributed by atoms with E-state index in [2.05, 4.69) is 45.9 Å². The van der Waals surface area contributed by atoms with Gasteiger partial charge in [0, 0.05) is 4.75 Å². The Morgan fingerprint density at radius 1 is 1.38 bits per heavy atom. The minimum atomic E-state index is 0. The summed E-state index contributed by atoms with van der Waals surface area (Å²) in [5, 5.41) is 0.638. The van der Waals surface area contributed by atoms with Crippen molar-refractivity contribution in [3.8, 4) is 0 Å². The Morgan fingerprint density at radius 3 is 2.25 bits per heavy atom. The molecule has 1 radical (unpaired) electrons. The predicted octanol–water partition coefficient (Wildman–Crippen LogP) is -2.01. The second kappa shape index (κ2) is 10.1. The van der Waals surface area contributed by atoms with Gasteiger partial charge in [-0.1, -0.05) is 27.7 Å². The van der Waals surface area contributed by atoms with Gasteiger partial charge in [-0.3, -0.25) is 6.08 Å². The molecule has 0 nitrogen and oxygen atoms in total. The SMILES string of the molecule is CCC(SC(C)(C)C)C1=[C-]CC=C1.[Cl-].[Cl-].[Ti+3]. The summed E-state index contributed by atoms with van der Waals surface area (Å²) in [5.74, 6) is 0. The fourth-order valence-electron chi connectivity index (χ4n) is 1.44. The molecule has 0 N–H and O–H groups in total. The Morgan fingerprint density at radius 2 is 1.94 bits per heavy atom. The third-order valence-electron chi connectivity index (χ3n) is 1.93. The van der Waals surface area contributed by atoms with Crippen LogP contribution in [0.3, 0.4) is 0 Å². The normalized spacial score (nSPS) is 15.4. The van der Waals surface area contributed by atoms with Gasteiger partial charge in [0.05, 0.1) is 0 Å². The van der Waals surface area contributed by atoms with Crippen LogP contribution in [0.4, 0.5) is 0 Å². The number of halogens is 2. The second-order valence-electron chi connectivity index (χ2n) is 4.37. The molecule has 0 aromatic rings. The third-order valence-corrected chi connectivity index (χ3v) is 3.51. The summed E-state index contributed by atoms with van der Waals surface area (Å²) in [5.41, 5.74) is 1.41. The van der Waals surface area contributed by atoms with E-state index in [1.54, 1.807) is 0 Å². The minimum absolute atomic E-state index is 0. The van der Waals surface area contributed by atoms with Crippen LogP contribution < -0.4 is 24.8 Å². The molecule has 0 aliphatic heterocycles. The summed E-state index contributed by atoms with van der Waals surface area (Å²) in [4.78, 5) is 0. The van der Waals surface area contributed by atoms with E-state index >= 15 is 0 Å². The third kappa shape index (κ3) is 8.25. The van der Waals surface area contributed by atoms with Crippen molar-refractivity contribution in [3.63, 3.8) is 0 Å². The zero-order valence-electron chi connectivity index (χ0n) is 10.3. The molecule has 16 heavy (non-hydrogen) atoms. The van der Waals surface area contributed by atoms with Crippen molar-refractivity contribution < 1.29 is 46.5 Å². The summed E-state index contributed by atoms with van der Waals surface area (Å²) >= 11 is 2.05. The Bertz CT molecular complexity index is 232. The van der Waals surface area contributed by atoms with Gasteiger partial charge in [-0.15, -0.1) is 6.42 Å². The maximum Gasteiger partial charge on any atom is 3.00 e. The van der Waals surface area contributed by atoms with Gasteiger partial charge in [0.15, 0.2) is 0 Å². The van der Waals surface area contributed by atoms with Gasteiger partial charge < -0.3 is 24.8 Å². The molecule has 1 unspecified atom stereocenters. The number of thioether (sulfide) groups is 1. The van der Waals surface area contributed by atoms with Gasteiger partial charge in [0.25, 0.3) is 0 Å². The van der Waals surface area contributed by atoms with Crippen LogP contribution in [0.5, 0.6) is 0 Å². The number of rotatable bonds is 3. The van der Waals surface area contributed by atoms with Crippen molar-refractivity contribution in [1.82, 2.24) is 0 Å². The molecular weight excluding hydrogens is 295 g/mol. The van der Waals surface area contributed by atoms with Gasteiger partial charge in [0.1, 0.15) is 0 Å². The Hall–Kier alpha value is 1.12. The molecule has 1 aliphatic carbocycles. The maximum absolute atomic E-state index is 3.41. The van der Waals surface area contributed by atoms with E-state index in [1.807, 2.05) is 11.8 Å². The zero-order chi connectivity index (χ0) is 9.90. The van der Waals surface area contributed by atoms with E-state index in [4.69, 9.17) is 0 Å². The molecule has 0 bridgehead atoms. The van der Waals surface area contributed by atoms with Crippen LogP contribution in [0.15, 0.2) is 17.7 Å². The van der Waals surface area contributed by atoms with Crippen molar-refractivity contribution in [2.45, 2.75) is 50.5 Å². The Kier molecular flexibility index (Phi) is 14.1. The molecule has 1 aliphatic rings. The first kappa shape index (κ1) is 22.3. The van der Waals surface area contributed by atoms with Crippen LogP contribution in [0, 0.1) is 6.08 Å². The second-order valence-corrected chi connectivity index (χ2v) is 6.40. The van der Waals surface area contributed by atoms with Gasteiger partial charge in [0.2, 0.25) is 0 Å². The van der Waals surface area contributed by atoms with Crippen LogP contribution in [0.25, 0.3) is 0 Å². The van der Waals surface area contributed by atoms with Crippen molar-refractivity contribution in [3.05, 3.63) is 23.8 Å². The molecular formula is C12H19Cl2STi. The monoisotopic (exact) mass is 313 g/mol. The fraction of sp³-hybridized carbons (Fsp3) is 0.667. The number of hydrogen-bond donors (Lipinski definition) is 0. The first-order chi connectivity index (χ1) is 6.03. The van der Waals surface area contributed by atoms with Crippen molar-refractivity contribution in [2.24, 2.45) is 0 Å². The minimum Gasteiger partial charge on any atom is -1.00 e. The van der Waals surface area contributed by atoms with Crippen molar-refractivity contribution >= 4 is 11.8 Å². The average Bonchev–Trinajstić information content (AvgIpc) is 2.50. The molecule has 1 atom stereocenters. The van der Waals surface area contributed by atoms with E-state index in [9.17, 15) is 0 Å². The Labute approximate surface area is 132 Å². The topological polar surface area (TPSA) is 0 Å². The quantitative estimate of drug-likeness (QED) is 0.429. The van der Waals surface area contributed by atoms with Crippen LogP contribution >= 0.6 is 11.8 Å². The van der Waals surface area contributed by atoms with Crippen LogP contribution in [-0.2, 0) is 21.7 Å². The summed E-state index contributed by atoms with van der Waals surface area (Å²) in [6.07, 6.45) is 10.1. The molecule has 0 saturated carbocycles. The van der Waals surface area contributed by atoms with Crippen molar-refractivity contribution in [2.75, 3.05) is 0 Å². The van der Waals surface area contributed by atoms with Crippen LogP contribution in [-0.4, -0.2) is 10.00 Å². The van der Waals surface area contributed by atoms with Gasteiger partial charge in [-0.25, -0.2) is 11.6 Å². The molecule has 0 spiro atoms. The smallest absolute Gasteiger partial charge is 1.00 e. The Balaban J connectivity index is -0.000000563.